The minimum absolute atomic E-state index is 0.00881. The van der Waals surface area contributed by atoms with Crippen LogP contribution in [0.1, 0.15) is 31.2 Å². The SMILES string of the molecule is CN(c1ccc(C(F)(F)F)cc1)C1CCCCC1O. The molecule has 0 bridgehead atoms. The van der Waals surface area contributed by atoms with E-state index in [0.717, 1.165) is 37.8 Å². The van der Waals surface area contributed by atoms with Crippen molar-refractivity contribution in [3.63, 3.8) is 0 Å². The molecule has 0 heterocycles. The first kappa shape index (κ1) is 14.2. The van der Waals surface area contributed by atoms with Crippen molar-refractivity contribution >= 4 is 5.69 Å². The molecule has 1 aliphatic carbocycles. The Labute approximate surface area is 110 Å². The summed E-state index contributed by atoms with van der Waals surface area (Å²) in [5.74, 6) is 0. The zero-order valence-electron chi connectivity index (χ0n) is 10.8. The summed E-state index contributed by atoms with van der Waals surface area (Å²) in [5.41, 5.74) is 0.0628. The van der Waals surface area contributed by atoms with Crippen molar-refractivity contribution in [1.82, 2.24) is 0 Å². The van der Waals surface area contributed by atoms with Gasteiger partial charge in [0.15, 0.2) is 0 Å². The fourth-order valence-corrected chi connectivity index (χ4v) is 2.62. The normalized spacial score (nSPS) is 24.3. The molecule has 2 nitrogen and oxygen atoms in total. The maximum Gasteiger partial charge on any atom is 0.416 e. The Kier molecular flexibility index (Phi) is 4.04. The zero-order chi connectivity index (χ0) is 14.0. The predicted octanol–water partition coefficient (Wildman–Crippen LogP) is 3.45. The molecule has 1 saturated carbocycles. The molecule has 0 aliphatic heterocycles. The molecule has 1 aliphatic rings. The summed E-state index contributed by atoms with van der Waals surface area (Å²) in [4.78, 5) is 1.88. The Morgan fingerprint density at radius 2 is 1.68 bits per heavy atom. The van der Waals surface area contributed by atoms with Gasteiger partial charge in [-0.15, -0.1) is 0 Å². The number of hydrogen-bond acceptors (Lipinski definition) is 2. The Morgan fingerprint density at radius 3 is 2.21 bits per heavy atom. The van der Waals surface area contributed by atoms with Gasteiger partial charge in [-0.1, -0.05) is 12.8 Å². The lowest BCUT2D eigenvalue weighted by molar-refractivity contribution is -0.137. The average Bonchev–Trinajstić information content (AvgIpc) is 2.38. The van der Waals surface area contributed by atoms with Crippen molar-refractivity contribution in [3.05, 3.63) is 29.8 Å². The smallest absolute Gasteiger partial charge is 0.391 e. The van der Waals surface area contributed by atoms with Gasteiger partial charge < -0.3 is 10.0 Å². The highest BCUT2D eigenvalue weighted by Crippen LogP contribution is 2.32. The Morgan fingerprint density at radius 1 is 1.11 bits per heavy atom. The van der Waals surface area contributed by atoms with Gasteiger partial charge in [0.25, 0.3) is 0 Å². The van der Waals surface area contributed by atoms with E-state index in [9.17, 15) is 18.3 Å². The third-order valence-corrected chi connectivity index (χ3v) is 3.79. The molecule has 2 atom stereocenters. The molecule has 1 fully saturated rings. The topological polar surface area (TPSA) is 23.5 Å². The van der Waals surface area contributed by atoms with E-state index in [-0.39, 0.29) is 6.04 Å². The molecule has 0 aromatic heterocycles. The molecule has 0 amide bonds. The number of rotatable bonds is 2. The first-order valence-electron chi connectivity index (χ1n) is 6.48. The van der Waals surface area contributed by atoms with Gasteiger partial charge in [0.05, 0.1) is 17.7 Å². The van der Waals surface area contributed by atoms with Crippen LogP contribution in [0.5, 0.6) is 0 Å². The van der Waals surface area contributed by atoms with Gasteiger partial charge in [-0.05, 0) is 37.1 Å². The maximum atomic E-state index is 12.5. The summed E-state index contributed by atoms with van der Waals surface area (Å²) < 4.78 is 37.5. The van der Waals surface area contributed by atoms with Crippen molar-refractivity contribution in [1.29, 1.82) is 0 Å². The quantitative estimate of drug-likeness (QED) is 0.892. The molecule has 2 rings (SSSR count). The molecular formula is C14H18F3NO. The van der Waals surface area contributed by atoms with E-state index in [0.29, 0.717) is 5.69 Å². The number of hydrogen-bond donors (Lipinski definition) is 1. The lowest BCUT2D eigenvalue weighted by Gasteiger charge is -2.36. The second-order valence-electron chi connectivity index (χ2n) is 5.07. The molecule has 0 saturated heterocycles. The van der Waals surface area contributed by atoms with Crippen LogP contribution in [0.3, 0.4) is 0 Å². The number of benzene rings is 1. The first-order chi connectivity index (χ1) is 8.89. The Balaban J connectivity index is 2.13. The van der Waals surface area contributed by atoms with Crippen LogP contribution < -0.4 is 4.90 Å². The van der Waals surface area contributed by atoms with Gasteiger partial charge in [-0.2, -0.15) is 13.2 Å². The number of anilines is 1. The summed E-state index contributed by atoms with van der Waals surface area (Å²) in [6.07, 6.45) is -1.01. The molecule has 1 N–H and O–H groups in total. The molecule has 0 spiro atoms. The van der Waals surface area contributed by atoms with Crippen molar-refractivity contribution in [2.75, 3.05) is 11.9 Å². The second kappa shape index (κ2) is 5.41. The Hall–Kier alpha value is -1.23. The summed E-state index contributed by atoms with van der Waals surface area (Å²) >= 11 is 0. The van der Waals surface area contributed by atoms with Crippen LogP contribution >= 0.6 is 0 Å². The summed E-state index contributed by atoms with van der Waals surface area (Å²) in [6, 6.07) is 5.08. The molecule has 19 heavy (non-hydrogen) atoms. The van der Waals surface area contributed by atoms with Crippen LogP contribution in [0.25, 0.3) is 0 Å². The molecule has 2 unspecified atom stereocenters. The second-order valence-corrected chi connectivity index (χ2v) is 5.07. The zero-order valence-corrected chi connectivity index (χ0v) is 10.8. The van der Waals surface area contributed by atoms with Gasteiger partial charge in [0, 0.05) is 12.7 Å². The van der Waals surface area contributed by atoms with E-state index in [1.165, 1.54) is 12.1 Å². The third-order valence-electron chi connectivity index (χ3n) is 3.79. The average molecular weight is 273 g/mol. The molecular weight excluding hydrogens is 255 g/mol. The van der Waals surface area contributed by atoms with E-state index < -0.39 is 17.8 Å². The number of halogens is 3. The van der Waals surface area contributed by atoms with Crippen LogP contribution in [0.15, 0.2) is 24.3 Å². The van der Waals surface area contributed by atoms with Crippen molar-refractivity contribution < 1.29 is 18.3 Å². The number of aliphatic hydroxyl groups is 1. The van der Waals surface area contributed by atoms with Gasteiger partial charge in [0.2, 0.25) is 0 Å². The van der Waals surface area contributed by atoms with Gasteiger partial charge in [0.1, 0.15) is 0 Å². The van der Waals surface area contributed by atoms with Crippen molar-refractivity contribution in [3.8, 4) is 0 Å². The van der Waals surface area contributed by atoms with Gasteiger partial charge in [-0.3, -0.25) is 0 Å². The van der Waals surface area contributed by atoms with Crippen LogP contribution in [0.4, 0.5) is 18.9 Å². The highest BCUT2D eigenvalue weighted by atomic mass is 19.4. The third kappa shape index (κ3) is 3.21. The summed E-state index contributed by atoms with van der Waals surface area (Å²) in [6.45, 7) is 0. The van der Waals surface area contributed by atoms with Crippen molar-refractivity contribution in [2.45, 2.75) is 44.0 Å². The monoisotopic (exact) mass is 273 g/mol. The fourth-order valence-electron chi connectivity index (χ4n) is 2.62. The van der Waals surface area contributed by atoms with E-state index in [1.54, 1.807) is 0 Å². The van der Waals surface area contributed by atoms with E-state index in [1.807, 2.05) is 11.9 Å². The number of aliphatic hydroxyl groups excluding tert-OH is 1. The first-order valence-corrected chi connectivity index (χ1v) is 6.48. The van der Waals surface area contributed by atoms with Gasteiger partial charge in [-0.25, -0.2) is 0 Å². The maximum absolute atomic E-state index is 12.5. The lowest BCUT2D eigenvalue weighted by Crippen LogP contribution is -2.43. The molecule has 5 heteroatoms. The van der Waals surface area contributed by atoms with E-state index in [4.69, 9.17) is 0 Å². The standard InChI is InChI=1S/C14H18F3NO/c1-18(12-4-2-3-5-13(12)19)11-8-6-10(7-9-11)14(15,16)17/h6-9,12-13,19H,2-5H2,1H3. The highest BCUT2D eigenvalue weighted by molar-refractivity contribution is 5.48. The van der Waals surface area contributed by atoms with Crippen LogP contribution in [-0.2, 0) is 6.18 Å². The minimum Gasteiger partial charge on any atom is -0.391 e. The van der Waals surface area contributed by atoms with Crippen LogP contribution in [-0.4, -0.2) is 24.3 Å². The van der Waals surface area contributed by atoms with Crippen LogP contribution in [0, 0.1) is 0 Å². The molecule has 0 radical (unpaired) electrons. The van der Waals surface area contributed by atoms with Crippen LogP contribution in [0.2, 0.25) is 0 Å². The lowest BCUT2D eigenvalue weighted by atomic mass is 9.91. The highest BCUT2D eigenvalue weighted by Gasteiger charge is 2.31. The summed E-state index contributed by atoms with van der Waals surface area (Å²) in [7, 11) is 1.82. The molecule has 106 valence electrons. The van der Waals surface area contributed by atoms with Gasteiger partial charge >= 0.3 is 6.18 Å². The molecule has 1 aromatic carbocycles. The predicted molar refractivity (Wildman–Crippen MR) is 68.1 cm³/mol. The molecule has 1 aromatic rings. The van der Waals surface area contributed by atoms with E-state index in [2.05, 4.69) is 0 Å². The summed E-state index contributed by atoms with van der Waals surface area (Å²) in [5, 5.41) is 9.96. The number of likely N-dealkylation sites (N-methyl/N-ethyl adjacent to an activating group) is 1. The Bertz CT molecular complexity index is 416. The number of alkyl halides is 3. The fraction of sp³-hybridized carbons (Fsp3) is 0.571. The largest absolute Gasteiger partial charge is 0.416 e. The van der Waals surface area contributed by atoms with Crippen molar-refractivity contribution in [2.24, 2.45) is 0 Å². The minimum atomic E-state index is -4.30. The van der Waals surface area contributed by atoms with E-state index >= 15 is 0 Å². The number of nitrogens with zero attached hydrogens (tertiary/aromatic N) is 1.